The highest BCUT2D eigenvalue weighted by atomic mass is 16.6. The zero-order chi connectivity index (χ0) is 22.7. The number of aromatic amines is 1. The predicted octanol–water partition coefficient (Wildman–Crippen LogP) is 4.43. The second kappa shape index (κ2) is 8.86. The fourth-order valence-corrected chi connectivity index (χ4v) is 3.62. The second-order valence-electron chi connectivity index (χ2n) is 8.87. The summed E-state index contributed by atoms with van der Waals surface area (Å²) in [5.41, 5.74) is 2.98. The molecule has 2 heterocycles. The minimum Gasteiger partial charge on any atom is -0.444 e. The molecule has 0 bridgehead atoms. The van der Waals surface area contributed by atoms with Gasteiger partial charge in [-0.05, 0) is 50.6 Å². The molecule has 1 fully saturated rings. The van der Waals surface area contributed by atoms with E-state index >= 15 is 0 Å². The Morgan fingerprint density at radius 3 is 2.28 bits per heavy atom. The van der Waals surface area contributed by atoms with Gasteiger partial charge in [-0.3, -0.25) is 9.89 Å². The van der Waals surface area contributed by atoms with Crippen LogP contribution in [-0.4, -0.2) is 63.8 Å². The molecule has 0 spiro atoms. The van der Waals surface area contributed by atoms with Crippen molar-refractivity contribution in [3.05, 3.63) is 65.4 Å². The summed E-state index contributed by atoms with van der Waals surface area (Å²) >= 11 is 0. The summed E-state index contributed by atoms with van der Waals surface area (Å²) in [5, 5.41) is 8.44. The molecule has 0 unspecified atom stereocenters. The lowest BCUT2D eigenvalue weighted by Crippen LogP contribution is -2.51. The van der Waals surface area contributed by atoms with Crippen molar-refractivity contribution in [3.63, 3.8) is 0 Å². The van der Waals surface area contributed by atoms with E-state index in [1.807, 2.05) is 81.5 Å². The number of piperazine rings is 1. The molecule has 0 atom stereocenters. The quantitative estimate of drug-likeness (QED) is 0.664. The van der Waals surface area contributed by atoms with Crippen LogP contribution in [-0.2, 0) is 4.74 Å². The third-order valence-corrected chi connectivity index (χ3v) is 5.31. The fourth-order valence-electron chi connectivity index (χ4n) is 3.62. The lowest BCUT2D eigenvalue weighted by molar-refractivity contribution is 0.0141. The van der Waals surface area contributed by atoms with Gasteiger partial charge in [0.2, 0.25) is 0 Å². The number of rotatable bonds is 3. The minimum atomic E-state index is -0.523. The molecule has 4 rings (SSSR count). The number of benzene rings is 2. The summed E-state index contributed by atoms with van der Waals surface area (Å²) < 4.78 is 5.41. The third-order valence-electron chi connectivity index (χ3n) is 5.31. The molecular weight excluding hydrogens is 404 g/mol. The number of para-hydroxylation sites is 1. The van der Waals surface area contributed by atoms with Crippen LogP contribution in [0.3, 0.4) is 0 Å². The number of fused-ring (bicyclic) bond motifs is 1. The second-order valence-corrected chi connectivity index (χ2v) is 8.87. The number of nitrogens with zero attached hydrogens (tertiary/aromatic N) is 3. The van der Waals surface area contributed by atoms with E-state index in [-0.39, 0.29) is 12.0 Å². The minimum absolute atomic E-state index is 0.0253. The standard InChI is InChI=1S/C25H28N4O3/c1-25(2,3)32-24(31)29-16-14-28(15-17-29)23(30)19-11-8-18(9-12-19)10-13-22-20-6-4-5-7-21(20)26-27-22/h4-13H,14-17H2,1-3H3,(H,26,27)/b13-10+. The maximum Gasteiger partial charge on any atom is 0.410 e. The molecule has 2 aromatic carbocycles. The lowest BCUT2D eigenvalue weighted by atomic mass is 10.1. The molecular formula is C25H28N4O3. The van der Waals surface area contributed by atoms with Gasteiger partial charge in [0.15, 0.2) is 0 Å². The number of aromatic nitrogens is 2. The maximum atomic E-state index is 12.9. The summed E-state index contributed by atoms with van der Waals surface area (Å²) in [4.78, 5) is 28.5. The molecule has 0 aliphatic carbocycles. The SMILES string of the molecule is CC(C)(C)OC(=O)N1CCN(C(=O)c2ccc(/C=C/c3n[nH]c4ccccc34)cc2)CC1. The molecule has 1 N–H and O–H groups in total. The molecule has 0 saturated carbocycles. The van der Waals surface area contributed by atoms with Crippen molar-refractivity contribution in [1.82, 2.24) is 20.0 Å². The number of H-pyrrole nitrogens is 1. The first kappa shape index (κ1) is 21.6. The van der Waals surface area contributed by atoms with Crippen LogP contribution in [0.2, 0.25) is 0 Å². The third kappa shape index (κ3) is 4.99. The van der Waals surface area contributed by atoms with Gasteiger partial charge < -0.3 is 14.5 Å². The number of carbonyl (C=O) groups is 2. The van der Waals surface area contributed by atoms with Crippen molar-refractivity contribution in [3.8, 4) is 0 Å². The van der Waals surface area contributed by atoms with Crippen LogP contribution in [0.5, 0.6) is 0 Å². The van der Waals surface area contributed by atoms with E-state index in [1.165, 1.54) is 0 Å². The van der Waals surface area contributed by atoms with Gasteiger partial charge in [0.25, 0.3) is 5.91 Å². The normalized spacial score (nSPS) is 14.8. The fraction of sp³-hybridized carbons (Fsp3) is 0.320. The van der Waals surface area contributed by atoms with Crippen LogP contribution in [0.25, 0.3) is 23.1 Å². The van der Waals surface area contributed by atoms with Crippen molar-refractivity contribution in [1.29, 1.82) is 0 Å². The van der Waals surface area contributed by atoms with Crippen LogP contribution < -0.4 is 0 Å². The highest BCUT2D eigenvalue weighted by Crippen LogP contribution is 2.18. The summed E-state index contributed by atoms with van der Waals surface area (Å²) in [6.07, 6.45) is 3.62. The maximum absolute atomic E-state index is 12.9. The molecule has 3 aromatic rings. The van der Waals surface area contributed by atoms with Gasteiger partial charge in [-0.25, -0.2) is 4.79 Å². The van der Waals surface area contributed by atoms with Gasteiger partial charge >= 0.3 is 6.09 Å². The van der Waals surface area contributed by atoms with Crippen molar-refractivity contribution < 1.29 is 14.3 Å². The van der Waals surface area contributed by atoms with Crippen LogP contribution in [0.4, 0.5) is 4.79 Å². The number of amides is 2. The zero-order valence-corrected chi connectivity index (χ0v) is 18.7. The predicted molar refractivity (Wildman–Crippen MR) is 125 cm³/mol. The Morgan fingerprint density at radius 2 is 1.59 bits per heavy atom. The molecule has 1 saturated heterocycles. The van der Waals surface area contributed by atoms with Gasteiger partial charge in [0, 0.05) is 37.1 Å². The van der Waals surface area contributed by atoms with Crippen LogP contribution in [0.15, 0.2) is 48.5 Å². The Hall–Kier alpha value is -3.61. The Bertz CT molecular complexity index is 1130. The van der Waals surface area contributed by atoms with Gasteiger partial charge in [-0.1, -0.05) is 36.4 Å². The summed E-state index contributed by atoms with van der Waals surface area (Å²) in [6.45, 7) is 7.47. The van der Waals surface area contributed by atoms with E-state index in [0.29, 0.717) is 31.7 Å². The largest absolute Gasteiger partial charge is 0.444 e. The molecule has 1 aliphatic rings. The molecule has 7 heteroatoms. The Balaban J connectivity index is 1.35. The summed E-state index contributed by atoms with van der Waals surface area (Å²) in [6, 6.07) is 15.5. The van der Waals surface area contributed by atoms with Gasteiger partial charge in [-0.15, -0.1) is 0 Å². The van der Waals surface area contributed by atoms with Crippen molar-refractivity contribution in [2.75, 3.05) is 26.2 Å². The molecule has 1 aliphatic heterocycles. The first-order chi connectivity index (χ1) is 15.3. The van der Waals surface area contributed by atoms with Gasteiger partial charge in [0.05, 0.1) is 11.2 Å². The Morgan fingerprint density at radius 1 is 0.938 bits per heavy atom. The van der Waals surface area contributed by atoms with E-state index < -0.39 is 5.60 Å². The molecule has 0 radical (unpaired) electrons. The van der Waals surface area contributed by atoms with Crippen molar-refractivity contribution >= 4 is 35.1 Å². The summed E-state index contributed by atoms with van der Waals surface area (Å²) in [7, 11) is 0. The monoisotopic (exact) mass is 432 g/mol. The molecule has 166 valence electrons. The number of ether oxygens (including phenoxy) is 1. The Labute approximate surface area is 187 Å². The average Bonchev–Trinajstić information content (AvgIpc) is 3.20. The van der Waals surface area contributed by atoms with Crippen LogP contribution in [0.1, 0.15) is 42.4 Å². The van der Waals surface area contributed by atoms with Crippen molar-refractivity contribution in [2.45, 2.75) is 26.4 Å². The van der Waals surface area contributed by atoms with Gasteiger partial charge in [0.1, 0.15) is 5.60 Å². The first-order valence-corrected chi connectivity index (χ1v) is 10.8. The topological polar surface area (TPSA) is 78.5 Å². The number of carbonyl (C=O) groups excluding carboxylic acids is 2. The van der Waals surface area contributed by atoms with E-state index in [9.17, 15) is 9.59 Å². The van der Waals surface area contributed by atoms with Crippen LogP contribution in [0, 0.1) is 0 Å². The number of hydrogen-bond acceptors (Lipinski definition) is 4. The lowest BCUT2D eigenvalue weighted by Gasteiger charge is -2.35. The number of hydrogen-bond donors (Lipinski definition) is 1. The summed E-state index contributed by atoms with van der Waals surface area (Å²) in [5.74, 6) is -0.0253. The van der Waals surface area contributed by atoms with E-state index in [0.717, 1.165) is 22.2 Å². The van der Waals surface area contributed by atoms with E-state index in [2.05, 4.69) is 10.2 Å². The zero-order valence-electron chi connectivity index (χ0n) is 18.7. The molecule has 1 aromatic heterocycles. The Kier molecular flexibility index (Phi) is 5.99. The van der Waals surface area contributed by atoms with Crippen molar-refractivity contribution in [2.24, 2.45) is 0 Å². The highest BCUT2D eigenvalue weighted by Gasteiger charge is 2.28. The van der Waals surface area contributed by atoms with Gasteiger partial charge in [-0.2, -0.15) is 5.10 Å². The molecule has 32 heavy (non-hydrogen) atoms. The molecule has 2 amide bonds. The highest BCUT2D eigenvalue weighted by molar-refractivity contribution is 5.95. The first-order valence-electron chi connectivity index (χ1n) is 10.8. The smallest absolute Gasteiger partial charge is 0.410 e. The molecule has 7 nitrogen and oxygen atoms in total. The average molecular weight is 433 g/mol. The van der Waals surface area contributed by atoms with E-state index in [1.54, 1.807) is 9.80 Å². The number of nitrogens with one attached hydrogen (secondary N) is 1. The van der Waals surface area contributed by atoms with E-state index in [4.69, 9.17) is 4.74 Å². The van der Waals surface area contributed by atoms with Crippen LogP contribution >= 0.6 is 0 Å².